The van der Waals surface area contributed by atoms with E-state index < -0.39 is 5.60 Å². The Kier molecular flexibility index (Phi) is 4.97. The van der Waals surface area contributed by atoms with Gasteiger partial charge in [-0.2, -0.15) is 0 Å². The van der Waals surface area contributed by atoms with Crippen LogP contribution in [-0.2, 0) is 0 Å². The molecule has 1 aromatic rings. The number of aliphatic hydroxyl groups is 1. The maximum absolute atomic E-state index is 9.82. The van der Waals surface area contributed by atoms with Gasteiger partial charge in [-0.1, -0.05) is 26.0 Å². The summed E-state index contributed by atoms with van der Waals surface area (Å²) in [6.45, 7) is 6.08. The van der Waals surface area contributed by atoms with Crippen LogP contribution in [0.5, 0.6) is 5.75 Å². The van der Waals surface area contributed by atoms with Crippen molar-refractivity contribution in [3.05, 3.63) is 29.8 Å². The largest absolute Gasteiger partial charge is 0.491 e. The molecule has 3 nitrogen and oxygen atoms in total. The van der Waals surface area contributed by atoms with Gasteiger partial charge in [0, 0.05) is 6.04 Å². The van der Waals surface area contributed by atoms with E-state index in [0.717, 1.165) is 17.7 Å². The highest BCUT2D eigenvalue weighted by molar-refractivity contribution is 5.29. The van der Waals surface area contributed by atoms with Crippen molar-refractivity contribution in [1.29, 1.82) is 0 Å². The second-order valence-electron chi connectivity index (χ2n) is 4.72. The average molecular weight is 237 g/mol. The molecule has 0 aliphatic carbocycles. The van der Waals surface area contributed by atoms with Gasteiger partial charge in [-0.25, -0.2) is 0 Å². The van der Waals surface area contributed by atoms with Crippen molar-refractivity contribution in [1.82, 2.24) is 0 Å². The highest BCUT2D eigenvalue weighted by Crippen LogP contribution is 2.19. The maximum atomic E-state index is 9.82. The summed E-state index contributed by atoms with van der Waals surface area (Å²) in [5.41, 5.74) is 6.28. The first-order valence-electron chi connectivity index (χ1n) is 6.19. The van der Waals surface area contributed by atoms with Gasteiger partial charge in [0.05, 0.1) is 5.60 Å². The van der Waals surface area contributed by atoms with Gasteiger partial charge in [0.25, 0.3) is 0 Å². The van der Waals surface area contributed by atoms with Crippen LogP contribution in [0.4, 0.5) is 0 Å². The average Bonchev–Trinajstić information content (AvgIpc) is 2.36. The first-order chi connectivity index (χ1) is 7.98. The predicted octanol–water partition coefficient (Wildman–Crippen LogP) is 2.64. The van der Waals surface area contributed by atoms with Crippen LogP contribution in [0.1, 0.15) is 45.2 Å². The molecule has 0 aliphatic heterocycles. The molecule has 1 unspecified atom stereocenters. The van der Waals surface area contributed by atoms with Gasteiger partial charge < -0.3 is 15.6 Å². The smallest absolute Gasteiger partial charge is 0.119 e. The molecule has 0 fully saturated rings. The summed E-state index contributed by atoms with van der Waals surface area (Å²) in [4.78, 5) is 0. The second-order valence-corrected chi connectivity index (χ2v) is 4.72. The summed E-state index contributed by atoms with van der Waals surface area (Å²) >= 11 is 0. The van der Waals surface area contributed by atoms with E-state index in [2.05, 4.69) is 6.92 Å². The van der Waals surface area contributed by atoms with Crippen molar-refractivity contribution < 1.29 is 9.84 Å². The molecule has 0 spiro atoms. The first-order valence-corrected chi connectivity index (χ1v) is 6.19. The Morgan fingerprint density at radius 3 is 2.35 bits per heavy atom. The van der Waals surface area contributed by atoms with Crippen molar-refractivity contribution in [2.24, 2.45) is 5.73 Å². The monoisotopic (exact) mass is 237 g/mol. The highest BCUT2D eigenvalue weighted by Gasteiger charge is 2.18. The molecule has 0 heterocycles. The van der Waals surface area contributed by atoms with E-state index in [0.29, 0.717) is 13.0 Å². The second kappa shape index (κ2) is 6.03. The fourth-order valence-corrected chi connectivity index (χ4v) is 1.39. The minimum atomic E-state index is -0.765. The number of benzene rings is 1. The number of ether oxygens (including phenoxy) is 1. The van der Waals surface area contributed by atoms with Crippen LogP contribution in [0.15, 0.2) is 24.3 Å². The standard InChI is InChI=1S/C14H23NO2/c1-4-13(15)11-6-8-12(9-7-11)17-10-14(3,16)5-2/h6-9,13,16H,4-5,10,15H2,1-3H3/t13-,14?/m1/s1. The summed E-state index contributed by atoms with van der Waals surface area (Å²) in [5.74, 6) is 0.769. The summed E-state index contributed by atoms with van der Waals surface area (Å²) in [5, 5.41) is 9.82. The lowest BCUT2D eigenvalue weighted by molar-refractivity contribution is 0.00846. The molecule has 1 aromatic carbocycles. The third kappa shape index (κ3) is 4.36. The van der Waals surface area contributed by atoms with Gasteiger partial charge in [0.2, 0.25) is 0 Å². The minimum Gasteiger partial charge on any atom is -0.491 e. The van der Waals surface area contributed by atoms with E-state index in [4.69, 9.17) is 10.5 Å². The van der Waals surface area contributed by atoms with Crippen molar-refractivity contribution in [3.63, 3.8) is 0 Å². The molecule has 3 N–H and O–H groups in total. The third-order valence-electron chi connectivity index (χ3n) is 3.06. The van der Waals surface area contributed by atoms with E-state index in [1.54, 1.807) is 6.92 Å². The first kappa shape index (κ1) is 14.0. The SMILES string of the molecule is CC[C@@H](N)c1ccc(OCC(C)(O)CC)cc1. The molecule has 0 bridgehead atoms. The molecule has 17 heavy (non-hydrogen) atoms. The van der Waals surface area contributed by atoms with Crippen LogP contribution in [0.3, 0.4) is 0 Å². The van der Waals surface area contributed by atoms with Gasteiger partial charge in [-0.15, -0.1) is 0 Å². The zero-order chi connectivity index (χ0) is 12.9. The third-order valence-corrected chi connectivity index (χ3v) is 3.06. The maximum Gasteiger partial charge on any atom is 0.119 e. The van der Waals surface area contributed by atoms with E-state index in [9.17, 15) is 5.11 Å². The van der Waals surface area contributed by atoms with E-state index in [-0.39, 0.29) is 6.04 Å². The van der Waals surface area contributed by atoms with Gasteiger partial charge in [0.1, 0.15) is 12.4 Å². The molecule has 0 saturated carbocycles. The Morgan fingerprint density at radius 1 is 1.29 bits per heavy atom. The number of rotatable bonds is 6. The van der Waals surface area contributed by atoms with Crippen LogP contribution >= 0.6 is 0 Å². The predicted molar refractivity (Wildman–Crippen MR) is 70.1 cm³/mol. The molecule has 0 amide bonds. The lowest BCUT2D eigenvalue weighted by Crippen LogP contribution is -2.31. The van der Waals surface area contributed by atoms with Crippen LogP contribution < -0.4 is 10.5 Å². The molecule has 96 valence electrons. The van der Waals surface area contributed by atoms with E-state index >= 15 is 0 Å². The zero-order valence-corrected chi connectivity index (χ0v) is 10.9. The van der Waals surface area contributed by atoms with E-state index in [1.165, 1.54) is 0 Å². The topological polar surface area (TPSA) is 55.5 Å². The normalized spacial score (nSPS) is 16.3. The van der Waals surface area contributed by atoms with Crippen LogP contribution in [0.2, 0.25) is 0 Å². The molecule has 0 aromatic heterocycles. The summed E-state index contributed by atoms with van der Waals surface area (Å²) < 4.78 is 5.54. The Morgan fingerprint density at radius 2 is 1.88 bits per heavy atom. The molecule has 0 saturated heterocycles. The number of hydrogen-bond donors (Lipinski definition) is 2. The Bertz CT molecular complexity index is 333. The summed E-state index contributed by atoms with van der Waals surface area (Å²) in [6, 6.07) is 7.84. The summed E-state index contributed by atoms with van der Waals surface area (Å²) in [6.07, 6.45) is 1.59. The molecule has 0 aliphatic rings. The lowest BCUT2D eigenvalue weighted by atomic mass is 10.1. The Labute approximate surface area is 104 Å². The van der Waals surface area contributed by atoms with Crippen molar-refractivity contribution in [2.75, 3.05) is 6.61 Å². The molecular weight excluding hydrogens is 214 g/mol. The molecule has 0 radical (unpaired) electrons. The zero-order valence-electron chi connectivity index (χ0n) is 10.9. The Hall–Kier alpha value is -1.06. The van der Waals surface area contributed by atoms with Crippen molar-refractivity contribution in [3.8, 4) is 5.75 Å². The molecular formula is C14H23NO2. The number of nitrogens with two attached hydrogens (primary N) is 1. The fraction of sp³-hybridized carbons (Fsp3) is 0.571. The fourth-order valence-electron chi connectivity index (χ4n) is 1.39. The van der Waals surface area contributed by atoms with Gasteiger partial charge >= 0.3 is 0 Å². The highest BCUT2D eigenvalue weighted by atomic mass is 16.5. The minimum absolute atomic E-state index is 0.0859. The van der Waals surface area contributed by atoms with Crippen molar-refractivity contribution >= 4 is 0 Å². The lowest BCUT2D eigenvalue weighted by Gasteiger charge is -2.21. The van der Waals surface area contributed by atoms with Crippen molar-refractivity contribution in [2.45, 2.75) is 45.3 Å². The van der Waals surface area contributed by atoms with Crippen LogP contribution in [-0.4, -0.2) is 17.3 Å². The Balaban J connectivity index is 2.57. The molecule has 3 heteroatoms. The van der Waals surface area contributed by atoms with E-state index in [1.807, 2.05) is 31.2 Å². The van der Waals surface area contributed by atoms with Crippen LogP contribution in [0.25, 0.3) is 0 Å². The summed E-state index contributed by atoms with van der Waals surface area (Å²) in [7, 11) is 0. The van der Waals surface area contributed by atoms with Gasteiger partial charge in [-0.05, 0) is 37.5 Å². The van der Waals surface area contributed by atoms with Gasteiger partial charge in [0.15, 0.2) is 0 Å². The van der Waals surface area contributed by atoms with Gasteiger partial charge in [-0.3, -0.25) is 0 Å². The molecule has 2 atom stereocenters. The quantitative estimate of drug-likeness (QED) is 0.799. The van der Waals surface area contributed by atoms with Crippen LogP contribution in [0, 0.1) is 0 Å². The molecule has 1 rings (SSSR count). The number of hydrogen-bond acceptors (Lipinski definition) is 3.